The van der Waals surface area contributed by atoms with Gasteiger partial charge >= 0.3 is 18.0 Å². The first kappa shape index (κ1) is 48.5. The number of hydrogen-bond acceptors (Lipinski definition) is 12. The Labute approximate surface area is 330 Å². The van der Waals surface area contributed by atoms with Gasteiger partial charge in [0.05, 0.1) is 19.6 Å². The van der Waals surface area contributed by atoms with Crippen LogP contribution in [0.5, 0.6) is 0 Å². The van der Waals surface area contributed by atoms with Crippen LogP contribution in [0.25, 0.3) is 0 Å². The largest absolute Gasteiger partial charge is 0.466 e. The van der Waals surface area contributed by atoms with Gasteiger partial charge < -0.3 is 29.7 Å². The average Bonchev–Trinajstić information content (AvgIpc) is 3.56. The second kappa shape index (κ2) is 24.8. The van der Waals surface area contributed by atoms with E-state index < -0.39 is 55.7 Å². The minimum atomic E-state index is -1.43. The van der Waals surface area contributed by atoms with E-state index in [0.29, 0.717) is 23.6 Å². The van der Waals surface area contributed by atoms with Crippen molar-refractivity contribution in [3.63, 3.8) is 0 Å². The van der Waals surface area contributed by atoms with Crippen LogP contribution in [-0.4, -0.2) is 90.1 Å². The zero-order valence-corrected chi connectivity index (χ0v) is 36.5. The molecule has 0 aliphatic carbocycles. The number of ether oxygens (including phenoxy) is 3. The van der Waals surface area contributed by atoms with Crippen LogP contribution in [0.2, 0.25) is 25.7 Å². The van der Waals surface area contributed by atoms with Crippen LogP contribution < -0.4 is 10.6 Å². The molecule has 16 heteroatoms. The Balaban J connectivity index is 2.85. The van der Waals surface area contributed by atoms with Crippen molar-refractivity contribution in [3.8, 4) is 0 Å². The highest BCUT2D eigenvalue weighted by Crippen LogP contribution is 2.16. The Morgan fingerprint density at radius 3 is 2.39 bits per heavy atom. The van der Waals surface area contributed by atoms with Crippen LogP contribution in [0, 0.1) is 0 Å². The Morgan fingerprint density at radius 1 is 1.07 bits per heavy atom. The third-order valence-corrected chi connectivity index (χ3v) is 11.2. The molecule has 0 fully saturated rings. The molecule has 3 amide bonds. The van der Waals surface area contributed by atoms with E-state index in [-0.39, 0.29) is 36.1 Å². The van der Waals surface area contributed by atoms with E-state index in [2.05, 4.69) is 42.2 Å². The van der Waals surface area contributed by atoms with Crippen molar-refractivity contribution in [1.82, 2.24) is 20.5 Å². The van der Waals surface area contributed by atoms with Gasteiger partial charge in [0.1, 0.15) is 34.1 Å². The number of nitrogens with zero attached hydrogens (tertiary/aromatic N) is 2. The molecule has 0 unspecified atom stereocenters. The standard InChI is InChI=1S/C38H62N4O9S2Si/c1-11-13-14-15-16-20-33(44)52-22-18-17-19-28(24-32(43)49-21-23-54(8,9)10)50-36(47)27(3)42(7)35(46)29(12-2)41-34(45)30-26-53-31(40-30)25-39-37(48)51-38(4,5)6/h12,17,19,26-28H,11,13-16,18,20-25H2,1-10H3,(H,39,48)(H,41,45)/t27-,28+/m0/s1. The van der Waals surface area contributed by atoms with E-state index in [4.69, 9.17) is 14.2 Å². The molecule has 2 atom stereocenters. The zero-order chi connectivity index (χ0) is 40.9. The number of allylic oxidation sites excluding steroid dienone is 2. The van der Waals surface area contributed by atoms with Gasteiger partial charge in [-0.1, -0.05) is 76.2 Å². The van der Waals surface area contributed by atoms with Gasteiger partial charge in [0.25, 0.3) is 11.8 Å². The van der Waals surface area contributed by atoms with E-state index >= 15 is 0 Å². The molecule has 304 valence electrons. The van der Waals surface area contributed by atoms with Crippen molar-refractivity contribution >= 4 is 66.1 Å². The Morgan fingerprint density at radius 2 is 1.76 bits per heavy atom. The lowest BCUT2D eigenvalue weighted by molar-refractivity contribution is -0.158. The summed E-state index contributed by atoms with van der Waals surface area (Å²) in [5.41, 5.74) is -0.706. The molecule has 0 saturated carbocycles. The molecule has 0 aliphatic rings. The number of thioether (sulfide) groups is 1. The average molecular weight is 811 g/mol. The summed E-state index contributed by atoms with van der Waals surface area (Å²) in [7, 11) is -0.0304. The first-order valence-electron chi connectivity index (χ1n) is 18.6. The van der Waals surface area contributed by atoms with Crippen LogP contribution in [0.4, 0.5) is 4.79 Å². The van der Waals surface area contributed by atoms with Gasteiger partial charge in [-0.25, -0.2) is 14.6 Å². The summed E-state index contributed by atoms with van der Waals surface area (Å²) in [5, 5.41) is 7.23. The third kappa shape index (κ3) is 21.4. The van der Waals surface area contributed by atoms with Gasteiger partial charge in [0.15, 0.2) is 5.12 Å². The van der Waals surface area contributed by atoms with Crippen molar-refractivity contribution in [2.75, 3.05) is 19.4 Å². The number of likely N-dealkylation sites (N-methyl/N-ethyl adjacent to an activating group) is 1. The van der Waals surface area contributed by atoms with Crippen molar-refractivity contribution in [3.05, 3.63) is 40.0 Å². The number of carbonyl (C=O) groups excluding carboxylic acids is 6. The summed E-state index contributed by atoms with van der Waals surface area (Å²) in [6.45, 7) is 17.3. The van der Waals surface area contributed by atoms with E-state index in [0.717, 1.165) is 48.0 Å². The number of esters is 2. The summed E-state index contributed by atoms with van der Waals surface area (Å²) in [5.74, 6) is -2.01. The normalized spacial score (nSPS) is 13.2. The number of alkyl carbamates (subject to hydrolysis) is 1. The minimum Gasteiger partial charge on any atom is -0.466 e. The number of carbonyl (C=O) groups is 6. The minimum absolute atomic E-state index is 0.0415. The predicted molar refractivity (Wildman–Crippen MR) is 217 cm³/mol. The molecule has 0 aliphatic heterocycles. The summed E-state index contributed by atoms with van der Waals surface area (Å²) in [6, 6.07) is -0.288. The number of hydrogen-bond donors (Lipinski definition) is 2. The number of aromatic nitrogens is 1. The maximum Gasteiger partial charge on any atom is 0.408 e. The third-order valence-electron chi connectivity index (χ3n) is 7.71. The van der Waals surface area contributed by atoms with Crippen molar-refractivity contribution < 1.29 is 43.0 Å². The van der Waals surface area contributed by atoms with Crippen molar-refractivity contribution in [2.45, 2.75) is 143 Å². The molecule has 2 N–H and O–H groups in total. The molecule has 54 heavy (non-hydrogen) atoms. The molecular weight excluding hydrogens is 749 g/mol. The maximum atomic E-state index is 13.4. The summed E-state index contributed by atoms with van der Waals surface area (Å²) in [6.07, 6.45) is 9.51. The van der Waals surface area contributed by atoms with Crippen molar-refractivity contribution in [1.29, 1.82) is 0 Å². The van der Waals surface area contributed by atoms with Crippen molar-refractivity contribution in [2.24, 2.45) is 0 Å². The van der Waals surface area contributed by atoms with Crippen LogP contribution in [0.15, 0.2) is 29.3 Å². The Hall–Kier alpha value is -3.50. The molecule has 0 aromatic carbocycles. The highest BCUT2D eigenvalue weighted by molar-refractivity contribution is 8.13. The summed E-state index contributed by atoms with van der Waals surface area (Å²) in [4.78, 5) is 82.0. The number of thiazole rings is 1. The topological polar surface area (TPSA) is 170 Å². The van der Waals surface area contributed by atoms with Crippen LogP contribution >= 0.6 is 23.1 Å². The fourth-order valence-electron chi connectivity index (χ4n) is 4.44. The fraction of sp³-hybridized carbons (Fsp3) is 0.658. The number of amides is 3. The predicted octanol–water partition coefficient (Wildman–Crippen LogP) is 7.40. The lowest BCUT2D eigenvalue weighted by atomic mass is 10.1. The van der Waals surface area contributed by atoms with Gasteiger partial charge in [-0.05, 0) is 59.6 Å². The maximum absolute atomic E-state index is 13.4. The lowest BCUT2D eigenvalue weighted by Crippen LogP contribution is -2.45. The molecule has 0 spiro atoms. The quantitative estimate of drug-likeness (QED) is 0.0282. The van der Waals surface area contributed by atoms with E-state index in [1.165, 1.54) is 43.6 Å². The van der Waals surface area contributed by atoms with Gasteiger partial charge in [-0.3, -0.25) is 19.2 Å². The molecule has 1 aromatic heterocycles. The highest BCUT2D eigenvalue weighted by Gasteiger charge is 2.29. The molecular formula is C38H62N4O9S2Si. The second-order valence-corrected chi connectivity index (χ2v) is 22.8. The van der Waals surface area contributed by atoms with Crippen LogP contribution in [0.1, 0.15) is 108 Å². The van der Waals surface area contributed by atoms with E-state index in [1.54, 1.807) is 39.8 Å². The molecule has 1 rings (SSSR count). The molecule has 1 aromatic rings. The Bertz CT molecular complexity index is 1450. The molecule has 0 radical (unpaired) electrons. The number of rotatable bonds is 23. The zero-order valence-electron chi connectivity index (χ0n) is 33.8. The van der Waals surface area contributed by atoms with Crippen LogP contribution in [-0.2, 0) is 39.9 Å². The summed E-state index contributed by atoms with van der Waals surface area (Å²) >= 11 is 2.42. The fourth-order valence-corrected chi connectivity index (χ4v) is 6.64. The smallest absolute Gasteiger partial charge is 0.408 e. The molecule has 1 heterocycles. The molecule has 13 nitrogen and oxygen atoms in total. The molecule has 0 bridgehead atoms. The van der Waals surface area contributed by atoms with E-state index in [1.807, 2.05) is 0 Å². The number of unbranched alkanes of at least 4 members (excludes halogenated alkanes) is 4. The summed E-state index contributed by atoms with van der Waals surface area (Å²) < 4.78 is 16.4. The van der Waals surface area contributed by atoms with Crippen LogP contribution in [0.3, 0.4) is 0 Å². The van der Waals surface area contributed by atoms with Gasteiger partial charge in [-0.15, -0.1) is 11.3 Å². The first-order chi connectivity index (χ1) is 25.3. The second-order valence-electron chi connectivity index (χ2n) is 15.0. The lowest BCUT2D eigenvalue weighted by Gasteiger charge is -2.26. The highest BCUT2D eigenvalue weighted by atomic mass is 32.2. The number of nitrogens with one attached hydrogen (secondary N) is 2. The first-order valence-corrected chi connectivity index (χ1v) is 24.2. The monoisotopic (exact) mass is 810 g/mol. The van der Waals surface area contributed by atoms with Gasteiger partial charge in [0, 0.05) is 32.7 Å². The molecule has 0 saturated heterocycles. The van der Waals surface area contributed by atoms with Gasteiger partial charge in [0.2, 0.25) is 0 Å². The van der Waals surface area contributed by atoms with E-state index in [9.17, 15) is 28.8 Å². The SMILES string of the molecule is CC=C(NC(=O)c1csc(CNC(=O)OC(C)(C)C)n1)C(=O)N(C)[C@@H](C)C(=O)O[C@H](C=CCCSC(=O)CCCCCCC)CC(=O)OCC[Si](C)(C)C. The Kier molecular flexibility index (Phi) is 22.3. The van der Waals surface area contributed by atoms with Gasteiger partial charge in [-0.2, -0.15) is 0 Å².